The first-order chi connectivity index (χ1) is 14.8. The maximum atomic E-state index is 13.3. The smallest absolute Gasteiger partial charge is 0.242 e. The highest BCUT2D eigenvalue weighted by Gasteiger charge is 2.28. The van der Waals surface area contributed by atoms with Crippen LogP contribution in [0.5, 0.6) is 0 Å². The van der Waals surface area contributed by atoms with Crippen molar-refractivity contribution in [3.8, 4) is 0 Å². The summed E-state index contributed by atoms with van der Waals surface area (Å²) in [5, 5.41) is 3.80. The van der Waals surface area contributed by atoms with Crippen LogP contribution in [0.25, 0.3) is 0 Å². The van der Waals surface area contributed by atoms with Crippen LogP contribution in [0, 0.1) is 13.8 Å². The van der Waals surface area contributed by atoms with Crippen LogP contribution < -0.4 is 5.32 Å². The summed E-state index contributed by atoms with van der Waals surface area (Å²) < 4.78 is 0. The first-order valence-corrected chi connectivity index (χ1v) is 11.6. The number of rotatable bonds is 7. The fourth-order valence-corrected chi connectivity index (χ4v) is 4.39. The second-order valence-corrected chi connectivity index (χ2v) is 9.20. The molecule has 2 amide bonds. The third kappa shape index (κ3) is 6.57. The van der Waals surface area contributed by atoms with E-state index in [0.717, 1.165) is 42.4 Å². The monoisotopic (exact) mass is 440 g/mol. The lowest BCUT2D eigenvalue weighted by molar-refractivity contribution is -0.140. The third-order valence-corrected chi connectivity index (χ3v) is 6.52. The molecule has 3 rings (SSSR count). The number of hydrogen-bond donors (Lipinski definition) is 1. The van der Waals surface area contributed by atoms with E-state index in [1.807, 2.05) is 50.2 Å². The van der Waals surface area contributed by atoms with Gasteiger partial charge in [-0.3, -0.25) is 9.59 Å². The van der Waals surface area contributed by atoms with Crippen molar-refractivity contribution >= 4 is 23.4 Å². The van der Waals surface area contributed by atoms with Crippen molar-refractivity contribution in [2.75, 3.05) is 0 Å². The highest BCUT2D eigenvalue weighted by Crippen LogP contribution is 2.20. The average Bonchev–Trinajstić information content (AvgIpc) is 2.75. The van der Waals surface area contributed by atoms with Crippen LogP contribution >= 0.6 is 11.6 Å². The molecule has 0 heterocycles. The Morgan fingerprint density at radius 3 is 2.45 bits per heavy atom. The highest BCUT2D eigenvalue weighted by atomic mass is 35.5. The summed E-state index contributed by atoms with van der Waals surface area (Å²) in [4.78, 5) is 28.1. The molecule has 0 bridgehead atoms. The Labute approximate surface area is 191 Å². The second kappa shape index (κ2) is 10.8. The number of carbonyl (C=O) groups is 2. The Kier molecular flexibility index (Phi) is 8.14. The van der Waals surface area contributed by atoms with E-state index in [0.29, 0.717) is 11.6 Å². The molecular weight excluding hydrogens is 408 g/mol. The molecule has 2 aromatic rings. The molecule has 0 aliphatic heterocycles. The molecule has 0 aromatic heterocycles. The van der Waals surface area contributed by atoms with Gasteiger partial charge >= 0.3 is 0 Å². The summed E-state index contributed by atoms with van der Waals surface area (Å²) >= 11 is 6.16. The van der Waals surface area contributed by atoms with Gasteiger partial charge in [-0.25, -0.2) is 0 Å². The van der Waals surface area contributed by atoms with Crippen LogP contribution in [0.4, 0.5) is 0 Å². The van der Waals surface area contributed by atoms with Crippen molar-refractivity contribution in [2.24, 2.45) is 0 Å². The number of benzene rings is 2. The van der Waals surface area contributed by atoms with Gasteiger partial charge in [0.25, 0.3) is 0 Å². The van der Waals surface area contributed by atoms with Crippen molar-refractivity contribution in [3.05, 3.63) is 69.7 Å². The summed E-state index contributed by atoms with van der Waals surface area (Å²) in [6.45, 7) is 6.28. The highest BCUT2D eigenvalue weighted by molar-refractivity contribution is 6.30. The van der Waals surface area contributed by atoms with Gasteiger partial charge < -0.3 is 10.2 Å². The van der Waals surface area contributed by atoms with Gasteiger partial charge in [0.05, 0.1) is 6.42 Å². The molecular formula is C26H33ClN2O2. The lowest BCUT2D eigenvalue weighted by Crippen LogP contribution is -2.50. The molecule has 166 valence electrons. The molecule has 1 fully saturated rings. The van der Waals surface area contributed by atoms with Crippen LogP contribution in [0.1, 0.15) is 61.3 Å². The molecule has 1 unspecified atom stereocenters. The fourth-order valence-electron chi connectivity index (χ4n) is 4.17. The molecule has 5 heteroatoms. The topological polar surface area (TPSA) is 49.4 Å². The van der Waals surface area contributed by atoms with Crippen LogP contribution in [0.15, 0.2) is 42.5 Å². The number of carbonyl (C=O) groups excluding carboxylic acids is 2. The van der Waals surface area contributed by atoms with E-state index in [4.69, 9.17) is 11.6 Å². The van der Waals surface area contributed by atoms with Crippen LogP contribution in [0.3, 0.4) is 0 Å². The molecule has 0 spiro atoms. The van der Waals surface area contributed by atoms with E-state index >= 15 is 0 Å². The summed E-state index contributed by atoms with van der Waals surface area (Å²) in [6, 6.07) is 13.2. The predicted octanol–water partition coefficient (Wildman–Crippen LogP) is 5.37. The van der Waals surface area contributed by atoms with Gasteiger partial charge in [0.2, 0.25) is 11.8 Å². The minimum atomic E-state index is -0.556. The van der Waals surface area contributed by atoms with Gasteiger partial charge in [-0.2, -0.15) is 0 Å². The first-order valence-electron chi connectivity index (χ1n) is 11.2. The van der Waals surface area contributed by atoms with E-state index in [1.165, 1.54) is 12.0 Å². The minimum Gasteiger partial charge on any atom is -0.352 e. The molecule has 0 radical (unpaired) electrons. The molecule has 2 aromatic carbocycles. The number of aryl methyl sites for hydroxylation is 2. The van der Waals surface area contributed by atoms with Crippen molar-refractivity contribution < 1.29 is 9.59 Å². The van der Waals surface area contributed by atoms with E-state index in [1.54, 1.807) is 4.90 Å². The zero-order chi connectivity index (χ0) is 22.4. The Balaban J connectivity index is 1.77. The van der Waals surface area contributed by atoms with Gasteiger partial charge in [-0.05, 0) is 68.0 Å². The van der Waals surface area contributed by atoms with Crippen molar-refractivity contribution in [2.45, 2.75) is 77.9 Å². The van der Waals surface area contributed by atoms with E-state index < -0.39 is 6.04 Å². The maximum Gasteiger partial charge on any atom is 0.242 e. The molecule has 0 saturated heterocycles. The number of nitrogens with one attached hydrogen (secondary N) is 1. The molecule has 1 aliphatic carbocycles. The molecule has 4 nitrogen and oxygen atoms in total. The molecule has 1 aliphatic rings. The van der Waals surface area contributed by atoms with Crippen LogP contribution in [-0.4, -0.2) is 28.8 Å². The van der Waals surface area contributed by atoms with Gasteiger partial charge in [-0.1, -0.05) is 61.2 Å². The van der Waals surface area contributed by atoms with Gasteiger partial charge in [0.15, 0.2) is 0 Å². The Morgan fingerprint density at radius 2 is 1.77 bits per heavy atom. The predicted molar refractivity (Wildman–Crippen MR) is 126 cm³/mol. The first kappa shape index (κ1) is 23.3. The SMILES string of the molecule is Cc1ccc(CC(=O)N(Cc2cccc(Cl)c2)C(C)C(=O)NC2CCCCC2)cc1C. The van der Waals surface area contributed by atoms with E-state index in [-0.39, 0.29) is 24.3 Å². The Morgan fingerprint density at radius 1 is 1.03 bits per heavy atom. The maximum absolute atomic E-state index is 13.3. The normalized spacial score (nSPS) is 15.4. The summed E-state index contributed by atoms with van der Waals surface area (Å²) in [6.07, 6.45) is 5.83. The largest absolute Gasteiger partial charge is 0.352 e. The average molecular weight is 441 g/mol. The molecule has 1 atom stereocenters. The fraction of sp³-hybridized carbons (Fsp3) is 0.462. The summed E-state index contributed by atoms with van der Waals surface area (Å²) in [7, 11) is 0. The second-order valence-electron chi connectivity index (χ2n) is 8.77. The van der Waals surface area contributed by atoms with Crippen LogP contribution in [-0.2, 0) is 22.6 Å². The van der Waals surface area contributed by atoms with Crippen LogP contribution in [0.2, 0.25) is 5.02 Å². The zero-order valence-corrected chi connectivity index (χ0v) is 19.5. The number of hydrogen-bond acceptors (Lipinski definition) is 2. The number of halogens is 1. The lowest BCUT2D eigenvalue weighted by Gasteiger charge is -2.31. The van der Waals surface area contributed by atoms with Crippen molar-refractivity contribution in [3.63, 3.8) is 0 Å². The van der Waals surface area contributed by atoms with Crippen molar-refractivity contribution in [1.82, 2.24) is 10.2 Å². The van der Waals surface area contributed by atoms with E-state index in [9.17, 15) is 9.59 Å². The zero-order valence-electron chi connectivity index (χ0n) is 18.8. The van der Waals surface area contributed by atoms with E-state index in [2.05, 4.69) is 18.3 Å². The lowest BCUT2D eigenvalue weighted by atomic mass is 9.95. The van der Waals surface area contributed by atoms with Gasteiger partial charge in [0.1, 0.15) is 6.04 Å². The molecule has 1 N–H and O–H groups in total. The third-order valence-electron chi connectivity index (χ3n) is 6.29. The van der Waals surface area contributed by atoms with Gasteiger partial charge in [-0.15, -0.1) is 0 Å². The minimum absolute atomic E-state index is 0.0606. The standard InChI is InChI=1S/C26H33ClN2O2/c1-18-12-13-21(14-19(18)2)16-25(30)29(17-22-8-7-9-23(27)15-22)20(3)26(31)28-24-10-5-4-6-11-24/h7-9,12-15,20,24H,4-6,10-11,16-17H2,1-3H3,(H,28,31). The molecule has 31 heavy (non-hydrogen) atoms. The van der Waals surface area contributed by atoms with Crippen molar-refractivity contribution in [1.29, 1.82) is 0 Å². The van der Waals surface area contributed by atoms with Gasteiger partial charge in [0, 0.05) is 17.6 Å². The Hall–Kier alpha value is -2.33. The Bertz CT molecular complexity index is 921. The summed E-state index contributed by atoms with van der Waals surface area (Å²) in [5.41, 5.74) is 4.24. The number of nitrogens with zero attached hydrogens (tertiary/aromatic N) is 1. The molecule has 1 saturated carbocycles. The number of amides is 2. The summed E-state index contributed by atoms with van der Waals surface area (Å²) in [5.74, 6) is -0.142. The quantitative estimate of drug-likeness (QED) is 0.629.